The molecule has 6 heteroatoms. The fourth-order valence-electron chi connectivity index (χ4n) is 3.09. The van der Waals surface area contributed by atoms with Crippen LogP contribution in [0.15, 0.2) is 24.3 Å². The average Bonchev–Trinajstić information content (AvgIpc) is 2.97. The molecule has 0 spiro atoms. The zero-order valence-electron chi connectivity index (χ0n) is 14.5. The van der Waals surface area contributed by atoms with Crippen molar-refractivity contribution >= 4 is 11.7 Å². The number of aryl methyl sites for hydroxylation is 1. The van der Waals surface area contributed by atoms with Crippen LogP contribution in [0.5, 0.6) is 11.5 Å². The molecule has 2 aromatic rings. The molecule has 6 nitrogen and oxygen atoms in total. The second-order valence-electron chi connectivity index (χ2n) is 6.04. The van der Waals surface area contributed by atoms with Gasteiger partial charge in [0.25, 0.3) is 5.91 Å². The molecule has 0 atom stereocenters. The highest BCUT2D eigenvalue weighted by atomic mass is 16.5. The molecule has 1 heterocycles. The van der Waals surface area contributed by atoms with Crippen molar-refractivity contribution in [3.05, 3.63) is 46.8 Å². The number of nitrogens with one attached hydrogen (secondary N) is 2. The summed E-state index contributed by atoms with van der Waals surface area (Å²) in [4.78, 5) is 27.5. The monoisotopic (exact) mass is 342 g/mol. The molecule has 1 aromatic carbocycles. The molecule has 25 heavy (non-hydrogen) atoms. The molecule has 1 aromatic heterocycles. The maximum absolute atomic E-state index is 12.4. The lowest BCUT2D eigenvalue weighted by Crippen LogP contribution is -2.28. The zero-order valence-corrected chi connectivity index (χ0v) is 14.5. The van der Waals surface area contributed by atoms with E-state index in [1.807, 2.05) is 31.2 Å². The first-order valence-corrected chi connectivity index (χ1v) is 8.40. The lowest BCUT2D eigenvalue weighted by Gasteiger charge is -2.09. The minimum Gasteiger partial charge on any atom is -0.497 e. The van der Waals surface area contributed by atoms with Crippen molar-refractivity contribution in [2.75, 3.05) is 20.3 Å². The molecule has 2 N–H and O–H groups in total. The normalized spacial score (nSPS) is 13.3. The number of Topliss-reactive ketones (excluding diaryl/α,β-unsaturated/α-hetero) is 1. The maximum atomic E-state index is 12.4. The predicted molar refractivity (Wildman–Crippen MR) is 93.6 cm³/mol. The Morgan fingerprint density at radius 2 is 1.92 bits per heavy atom. The van der Waals surface area contributed by atoms with Crippen molar-refractivity contribution < 1.29 is 19.1 Å². The Balaban J connectivity index is 1.53. The van der Waals surface area contributed by atoms with Gasteiger partial charge in [-0.2, -0.15) is 0 Å². The van der Waals surface area contributed by atoms with Gasteiger partial charge in [0, 0.05) is 17.7 Å². The van der Waals surface area contributed by atoms with E-state index in [1.54, 1.807) is 7.11 Å². The summed E-state index contributed by atoms with van der Waals surface area (Å²) < 4.78 is 10.7. The summed E-state index contributed by atoms with van der Waals surface area (Å²) in [7, 11) is 1.61. The third-order valence-electron chi connectivity index (χ3n) is 4.38. The van der Waals surface area contributed by atoms with Gasteiger partial charge in [-0.15, -0.1) is 0 Å². The van der Waals surface area contributed by atoms with E-state index in [2.05, 4.69) is 10.3 Å². The van der Waals surface area contributed by atoms with Gasteiger partial charge in [-0.25, -0.2) is 0 Å². The Morgan fingerprint density at radius 3 is 2.60 bits per heavy atom. The molecule has 1 amide bonds. The fraction of sp³-hybridized carbons (Fsp3) is 0.368. The average molecular weight is 342 g/mol. The van der Waals surface area contributed by atoms with Crippen molar-refractivity contribution in [1.29, 1.82) is 0 Å². The summed E-state index contributed by atoms with van der Waals surface area (Å²) in [5.41, 5.74) is 2.80. The van der Waals surface area contributed by atoms with Crippen molar-refractivity contribution in [2.45, 2.75) is 26.2 Å². The number of methoxy groups -OCH3 is 1. The second-order valence-corrected chi connectivity index (χ2v) is 6.04. The number of rotatable bonds is 6. The maximum Gasteiger partial charge on any atom is 0.268 e. The van der Waals surface area contributed by atoms with Gasteiger partial charge in [-0.1, -0.05) is 0 Å². The number of ketones is 1. The number of hydrogen-bond donors (Lipinski definition) is 2. The first-order chi connectivity index (χ1) is 12.1. The Labute approximate surface area is 146 Å². The first-order valence-electron chi connectivity index (χ1n) is 8.40. The number of carbonyl (C=O) groups is 2. The molecule has 0 bridgehead atoms. The van der Waals surface area contributed by atoms with Gasteiger partial charge in [0.1, 0.15) is 23.8 Å². The van der Waals surface area contributed by atoms with Crippen LogP contribution in [0.2, 0.25) is 0 Å². The molecule has 0 fully saturated rings. The Bertz CT molecular complexity index is 777. The SMILES string of the molecule is COc1ccc(OCCNC(=O)c2[nH]c3c(c2C)C(=O)CCC3)cc1. The van der Waals surface area contributed by atoms with Crippen molar-refractivity contribution in [2.24, 2.45) is 0 Å². The Hall–Kier alpha value is -2.76. The number of aromatic nitrogens is 1. The highest BCUT2D eigenvalue weighted by Crippen LogP contribution is 2.26. The van der Waals surface area contributed by atoms with Crippen LogP contribution in [0.1, 0.15) is 44.9 Å². The van der Waals surface area contributed by atoms with Crippen LogP contribution in [-0.4, -0.2) is 36.9 Å². The van der Waals surface area contributed by atoms with Gasteiger partial charge in [-0.3, -0.25) is 9.59 Å². The minimum atomic E-state index is -0.210. The Kier molecular flexibility index (Phi) is 5.07. The lowest BCUT2D eigenvalue weighted by molar-refractivity contribution is 0.0941. The fourth-order valence-corrected chi connectivity index (χ4v) is 3.09. The van der Waals surface area contributed by atoms with E-state index in [-0.39, 0.29) is 11.7 Å². The van der Waals surface area contributed by atoms with Crippen molar-refractivity contribution in [3.63, 3.8) is 0 Å². The molecular weight excluding hydrogens is 320 g/mol. The van der Waals surface area contributed by atoms with Crippen molar-refractivity contribution in [3.8, 4) is 11.5 Å². The van der Waals surface area contributed by atoms with Gasteiger partial charge in [0.15, 0.2) is 5.78 Å². The van der Waals surface area contributed by atoms with Crippen LogP contribution in [0.3, 0.4) is 0 Å². The lowest BCUT2D eigenvalue weighted by atomic mass is 9.94. The highest BCUT2D eigenvalue weighted by Gasteiger charge is 2.26. The molecular formula is C19H22N2O4. The summed E-state index contributed by atoms with van der Waals surface area (Å²) in [5.74, 6) is 1.39. The highest BCUT2D eigenvalue weighted by molar-refractivity contribution is 6.04. The van der Waals surface area contributed by atoms with Crippen LogP contribution >= 0.6 is 0 Å². The zero-order chi connectivity index (χ0) is 17.8. The minimum absolute atomic E-state index is 0.122. The van der Waals surface area contributed by atoms with Gasteiger partial charge in [0.2, 0.25) is 0 Å². The molecule has 1 aliphatic carbocycles. The standard InChI is InChI=1S/C19H22N2O4/c1-12-17-15(4-3-5-16(17)22)21-18(12)19(23)20-10-11-25-14-8-6-13(24-2)7-9-14/h6-9,21H,3-5,10-11H2,1-2H3,(H,20,23). The van der Waals surface area contributed by atoms with Crippen LogP contribution in [0.25, 0.3) is 0 Å². The number of carbonyl (C=O) groups excluding carboxylic acids is 2. The van der Waals surface area contributed by atoms with E-state index < -0.39 is 0 Å². The van der Waals surface area contributed by atoms with E-state index in [9.17, 15) is 9.59 Å². The van der Waals surface area contributed by atoms with Crippen molar-refractivity contribution in [1.82, 2.24) is 10.3 Å². The number of hydrogen-bond acceptors (Lipinski definition) is 4. The molecule has 3 rings (SSSR count). The molecule has 0 unspecified atom stereocenters. The third kappa shape index (κ3) is 3.68. The van der Waals surface area contributed by atoms with Crippen LogP contribution in [0.4, 0.5) is 0 Å². The van der Waals surface area contributed by atoms with E-state index in [4.69, 9.17) is 9.47 Å². The molecule has 0 saturated heterocycles. The smallest absolute Gasteiger partial charge is 0.268 e. The summed E-state index contributed by atoms with van der Waals surface area (Å²) in [6, 6.07) is 7.26. The van der Waals surface area contributed by atoms with E-state index in [0.717, 1.165) is 29.8 Å². The van der Waals surface area contributed by atoms with Crippen LogP contribution in [0, 0.1) is 6.92 Å². The number of H-pyrrole nitrogens is 1. The number of benzene rings is 1. The van der Waals surface area contributed by atoms with E-state index in [0.29, 0.717) is 36.6 Å². The number of ether oxygens (including phenoxy) is 2. The second kappa shape index (κ2) is 7.42. The van der Waals surface area contributed by atoms with Crippen LogP contribution in [-0.2, 0) is 6.42 Å². The third-order valence-corrected chi connectivity index (χ3v) is 4.38. The Morgan fingerprint density at radius 1 is 1.20 bits per heavy atom. The summed E-state index contributed by atoms with van der Waals surface area (Å²) in [5, 5.41) is 2.83. The predicted octanol–water partition coefficient (Wildman–Crippen LogP) is 2.66. The number of aromatic amines is 1. The summed E-state index contributed by atoms with van der Waals surface area (Å²) in [6.07, 6.45) is 2.21. The number of fused-ring (bicyclic) bond motifs is 1. The number of amides is 1. The molecule has 0 aliphatic heterocycles. The van der Waals surface area contributed by atoms with Gasteiger partial charge in [-0.05, 0) is 49.6 Å². The molecule has 0 radical (unpaired) electrons. The topological polar surface area (TPSA) is 80.4 Å². The van der Waals surface area contributed by atoms with E-state index in [1.165, 1.54) is 0 Å². The van der Waals surface area contributed by atoms with Crippen LogP contribution < -0.4 is 14.8 Å². The van der Waals surface area contributed by atoms with Gasteiger partial charge >= 0.3 is 0 Å². The molecule has 132 valence electrons. The quantitative estimate of drug-likeness (QED) is 0.791. The largest absolute Gasteiger partial charge is 0.497 e. The molecule has 1 aliphatic rings. The molecule has 0 saturated carbocycles. The van der Waals surface area contributed by atoms with Gasteiger partial charge in [0.05, 0.1) is 13.7 Å². The van der Waals surface area contributed by atoms with E-state index >= 15 is 0 Å². The van der Waals surface area contributed by atoms with Gasteiger partial charge < -0.3 is 19.8 Å². The first kappa shape index (κ1) is 17.1. The summed E-state index contributed by atoms with van der Waals surface area (Å²) >= 11 is 0. The summed E-state index contributed by atoms with van der Waals surface area (Å²) in [6.45, 7) is 2.56.